The molecule has 0 saturated heterocycles. The maximum Gasteiger partial charge on any atom is 0.119 e. The van der Waals surface area contributed by atoms with Crippen molar-refractivity contribution in [1.82, 2.24) is 19.9 Å². The molecule has 0 spiro atoms. The molecule has 0 atom stereocenters. The van der Waals surface area contributed by atoms with Gasteiger partial charge in [-0.25, -0.2) is 9.97 Å². The van der Waals surface area contributed by atoms with E-state index in [1.54, 1.807) is 14.2 Å². The number of allylic oxidation sites excluding steroid dienone is 4. The quantitative estimate of drug-likeness (QED) is 0.0605. The zero-order valence-corrected chi connectivity index (χ0v) is 43.6. The lowest BCUT2D eigenvalue weighted by Gasteiger charge is -2.10. The molecular formula is C62H82N4O2. The van der Waals surface area contributed by atoms with Crippen LogP contribution in [0.25, 0.3) is 66.6 Å². The lowest BCUT2D eigenvalue weighted by Crippen LogP contribution is -1.92. The van der Waals surface area contributed by atoms with E-state index in [1.807, 2.05) is 0 Å². The number of nitrogens with zero attached hydrogens (tertiary/aromatic N) is 2. The van der Waals surface area contributed by atoms with Crippen LogP contribution in [-0.2, 0) is 12.8 Å². The number of H-pyrrole nitrogens is 2. The van der Waals surface area contributed by atoms with Gasteiger partial charge in [-0.2, -0.15) is 0 Å². The fourth-order valence-electron chi connectivity index (χ4n) is 10.8. The number of ether oxygens (including phenoxy) is 2. The van der Waals surface area contributed by atoms with Gasteiger partial charge in [-0.3, -0.25) is 0 Å². The van der Waals surface area contributed by atoms with Gasteiger partial charge < -0.3 is 19.4 Å². The van der Waals surface area contributed by atoms with Gasteiger partial charge in [-0.15, -0.1) is 0 Å². The van der Waals surface area contributed by atoms with Crippen LogP contribution in [0.1, 0.15) is 202 Å². The van der Waals surface area contributed by atoms with Crippen LogP contribution in [-0.4, -0.2) is 34.2 Å². The van der Waals surface area contributed by atoms with Crippen molar-refractivity contribution in [2.75, 3.05) is 14.2 Å². The Balaban J connectivity index is 1.70. The number of aromatic amines is 2. The fourth-order valence-corrected chi connectivity index (χ4v) is 10.8. The summed E-state index contributed by atoms with van der Waals surface area (Å²) < 4.78 is 11.8. The SMILES string of the molecule is CCCCCCC1=C(C)c2nc1cc1[nH]c(c(C)c1CCCCCC)c(-c1cccc(OC)c1)c1nc(cc3[nH]c(c(C)c3CCCCCC)c2-c2cccc(OC)c2)C(CCCCCC)=C1C. The van der Waals surface area contributed by atoms with E-state index in [0.29, 0.717) is 0 Å². The van der Waals surface area contributed by atoms with Crippen molar-refractivity contribution in [3.63, 3.8) is 0 Å². The number of fused-ring (bicyclic) bond motifs is 8. The molecule has 5 aromatic rings. The molecule has 0 unspecified atom stereocenters. The molecule has 7 rings (SSSR count). The summed E-state index contributed by atoms with van der Waals surface area (Å²) in [6.07, 6.45) is 23.2. The first kappa shape index (κ1) is 50.5. The first-order chi connectivity index (χ1) is 33.2. The smallest absolute Gasteiger partial charge is 0.119 e. The van der Waals surface area contributed by atoms with E-state index in [0.717, 1.165) is 130 Å². The molecule has 0 aliphatic carbocycles. The number of benzene rings is 2. The molecular weight excluding hydrogens is 833 g/mol. The minimum atomic E-state index is 0.843. The number of hydrogen-bond acceptors (Lipinski definition) is 4. The highest BCUT2D eigenvalue weighted by Crippen LogP contribution is 2.45. The van der Waals surface area contributed by atoms with E-state index in [-0.39, 0.29) is 0 Å². The van der Waals surface area contributed by atoms with Gasteiger partial charge in [0.25, 0.3) is 0 Å². The summed E-state index contributed by atoms with van der Waals surface area (Å²) >= 11 is 0. The van der Waals surface area contributed by atoms with Crippen LogP contribution in [0.2, 0.25) is 0 Å². The molecule has 5 heterocycles. The first-order valence-corrected chi connectivity index (χ1v) is 26.7. The van der Waals surface area contributed by atoms with Crippen molar-refractivity contribution in [2.45, 2.75) is 184 Å². The highest BCUT2D eigenvalue weighted by Gasteiger charge is 2.27. The number of aromatic nitrogens is 4. The molecule has 0 saturated carbocycles. The van der Waals surface area contributed by atoms with Crippen LogP contribution in [0.3, 0.4) is 0 Å². The third kappa shape index (κ3) is 11.2. The highest BCUT2D eigenvalue weighted by atomic mass is 16.5. The average Bonchev–Trinajstić information content (AvgIpc) is 4.03. The lowest BCUT2D eigenvalue weighted by atomic mass is 9.93. The van der Waals surface area contributed by atoms with E-state index >= 15 is 0 Å². The second-order valence-corrected chi connectivity index (χ2v) is 19.7. The van der Waals surface area contributed by atoms with Crippen LogP contribution in [0, 0.1) is 13.8 Å². The second-order valence-electron chi connectivity index (χ2n) is 19.7. The molecule has 8 bridgehead atoms. The van der Waals surface area contributed by atoms with Crippen LogP contribution in [0.4, 0.5) is 0 Å². The van der Waals surface area contributed by atoms with Crippen molar-refractivity contribution in [1.29, 1.82) is 0 Å². The van der Waals surface area contributed by atoms with Crippen LogP contribution < -0.4 is 9.47 Å². The summed E-state index contributed by atoms with van der Waals surface area (Å²) in [5.74, 6) is 1.69. The molecule has 2 N–H and O–H groups in total. The van der Waals surface area contributed by atoms with Gasteiger partial charge in [0.15, 0.2) is 0 Å². The molecule has 0 amide bonds. The summed E-state index contributed by atoms with van der Waals surface area (Å²) in [5, 5.41) is 0. The Kier molecular flexibility index (Phi) is 18.0. The largest absolute Gasteiger partial charge is 0.497 e. The number of aryl methyl sites for hydroxylation is 4. The van der Waals surface area contributed by atoms with Gasteiger partial charge in [0.2, 0.25) is 0 Å². The van der Waals surface area contributed by atoms with E-state index in [9.17, 15) is 0 Å². The number of nitrogens with one attached hydrogen (secondary N) is 2. The number of hydrogen-bond donors (Lipinski definition) is 2. The molecule has 362 valence electrons. The zero-order chi connectivity index (χ0) is 48.2. The molecule has 6 heteroatoms. The van der Waals surface area contributed by atoms with Crippen LogP contribution in [0.15, 0.2) is 60.7 Å². The minimum absolute atomic E-state index is 0.843. The van der Waals surface area contributed by atoms with E-state index in [1.165, 1.54) is 122 Å². The summed E-state index contributed by atoms with van der Waals surface area (Å²) in [6, 6.07) is 22.1. The molecule has 2 aromatic carbocycles. The topological polar surface area (TPSA) is 75.8 Å². The van der Waals surface area contributed by atoms with Crippen molar-refractivity contribution < 1.29 is 9.47 Å². The Hall–Kier alpha value is -5.36. The third-order valence-corrected chi connectivity index (χ3v) is 14.9. The molecule has 0 radical (unpaired) electrons. The normalized spacial score (nSPS) is 12.7. The molecule has 2 aliphatic rings. The van der Waals surface area contributed by atoms with Crippen molar-refractivity contribution >= 4 is 44.4 Å². The van der Waals surface area contributed by atoms with Gasteiger partial charge in [0.1, 0.15) is 11.5 Å². The minimum Gasteiger partial charge on any atom is -0.497 e. The highest BCUT2D eigenvalue weighted by molar-refractivity contribution is 6.03. The van der Waals surface area contributed by atoms with Gasteiger partial charge in [0, 0.05) is 22.2 Å². The maximum absolute atomic E-state index is 5.92. The number of rotatable bonds is 24. The lowest BCUT2D eigenvalue weighted by molar-refractivity contribution is 0.415. The average molecular weight is 915 g/mol. The molecule has 6 nitrogen and oxygen atoms in total. The van der Waals surface area contributed by atoms with Crippen molar-refractivity contribution in [3.8, 4) is 33.8 Å². The number of methoxy groups -OCH3 is 2. The van der Waals surface area contributed by atoms with Crippen LogP contribution >= 0.6 is 0 Å². The van der Waals surface area contributed by atoms with Gasteiger partial charge in [-0.05, 0) is 171 Å². The van der Waals surface area contributed by atoms with Crippen molar-refractivity contribution in [2.24, 2.45) is 0 Å². The predicted molar refractivity (Wildman–Crippen MR) is 293 cm³/mol. The Labute approximate surface area is 409 Å². The Morgan fingerprint density at radius 1 is 0.441 bits per heavy atom. The third-order valence-electron chi connectivity index (χ3n) is 14.9. The van der Waals surface area contributed by atoms with Crippen molar-refractivity contribution in [3.05, 3.63) is 106 Å². The Morgan fingerprint density at radius 2 is 0.809 bits per heavy atom. The fraction of sp³-hybridized carbons (Fsp3) is 0.484. The second kappa shape index (κ2) is 24.3. The summed E-state index contributed by atoms with van der Waals surface area (Å²) in [4.78, 5) is 19.9. The van der Waals surface area contributed by atoms with Crippen LogP contribution in [0.5, 0.6) is 11.5 Å². The van der Waals surface area contributed by atoms with Gasteiger partial charge in [0.05, 0.1) is 48.0 Å². The Morgan fingerprint density at radius 3 is 1.16 bits per heavy atom. The van der Waals surface area contributed by atoms with E-state index in [2.05, 4.69) is 126 Å². The monoisotopic (exact) mass is 915 g/mol. The van der Waals surface area contributed by atoms with E-state index in [4.69, 9.17) is 19.4 Å². The zero-order valence-electron chi connectivity index (χ0n) is 43.6. The van der Waals surface area contributed by atoms with E-state index < -0.39 is 0 Å². The van der Waals surface area contributed by atoms with Gasteiger partial charge >= 0.3 is 0 Å². The number of unbranched alkanes of at least 4 members (excludes halogenated alkanes) is 12. The molecule has 3 aromatic heterocycles. The predicted octanol–water partition coefficient (Wildman–Crippen LogP) is 18.3. The molecule has 68 heavy (non-hydrogen) atoms. The first-order valence-electron chi connectivity index (χ1n) is 26.7. The molecule has 0 fully saturated rings. The Bertz CT molecular complexity index is 2570. The summed E-state index contributed by atoms with van der Waals surface area (Å²) in [5.41, 5.74) is 23.9. The maximum atomic E-state index is 5.92. The summed E-state index contributed by atoms with van der Waals surface area (Å²) in [7, 11) is 3.54. The standard InChI is InChI=1S/C62H82N4O2/c1-11-15-19-23-33-49-41(5)59-57(45-29-27-31-47(37-45)67-9)60-43(7)51(35-25-21-17-13-3)55(65-60)40-56-52(36-26-22-18-14-4)44(8)62(66-56)58(46-30-28-32-48(38-46)68-10)61-42(6)50(34-24-20-16-12-2)54(64-61)39-53(49)63-59/h27-32,37-40,63,66H,11-26,33-36H2,1-10H3. The summed E-state index contributed by atoms with van der Waals surface area (Å²) in [6.45, 7) is 18.5. The van der Waals surface area contributed by atoms with Gasteiger partial charge in [-0.1, -0.05) is 129 Å². The molecule has 2 aliphatic heterocycles.